The van der Waals surface area contributed by atoms with E-state index in [1.54, 1.807) is 0 Å². The Kier molecular flexibility index (Phi) is 19.1. The van der Waals surface area contributed by atoms with Gasteiger partial charge in [0.1, 0.15) is 0 Å². The van der Waals surface area contributed by atoms with Crippen molar-refractivity contribution in [2.24, 2.45) is 0 Å². The fraction of sp³-hybridized carbons (Fsp3) is 0. The minimum absolute atomic E-state index is 1.22. The van der Waals surface area contributed by atoms with Crippen LogP contribution in [0.4, 0.5) is 0 Å². The highest BCUT2D eigenvalue weighted by molar-refractivity contribution is 6.35. The predicted octanol–water partition coefficient (Wildman–Crippen LogP) is 39.0. The van der Waals surface area contributed by atoms with Gasteiger partial charge in [0, 0.05) is 0 Å². The highest BCUT2D eigenvalue weighted by Gasteiger charge is 2.27. The van der Waals surface area contributed by atoms with Gasteiger partial charge in [-0.1, -0.05) is 473 Å². The summed E-state index contributed by atoms with van der Waals surface area (Å²) in [7, 11) is 0. The molecule has 0 saturated carbocycles. The molecule has 29 aromatic carbocycles. The van der Waals surface area contributed by atoms with Crippen LogP contribution in [0.25, 0.3) is 284 Å². The van der Waals surface area contributed by atoms with Crippen LogP contribution < -0.4 is 0 Å². The van der Waals surface area contributed by atoms with Crippen molar-refractivity contribution in [1.82, 2.24) is 0 Å². The lowest BCUT2D eigenvalue weighted by molar-refractivity contribution is 1.60. The average molecular weight is 1740 g/mol. The van der Waals surface area contributed by atoms with Crippen LogP contribution in [0.3, 0.4) is 0 Å². The zero-order valence-corrected chi connectivity index (χ0v) is 75.7. The third-order valence-electron chi connectivity index (χ3n) is 29.4. The van der Waals surface area contributed by atoms with E-state index in [9.17, 15) is 0 Å². The molecule has 0 amide bonds. The number of fused-ring (bicyclic) bond motifs is 6. The van der Waals surface area contributed by atoms with Crippen molar-refractivity contribution in [3.05, 3.63) is 522 Å². The Morgan fingerprint density at radius 3 is 0.645 bits per heavy atom. The summed E-state index contributed by atoms with van der Waals surface area (Å²) in [6.45, 7) is 0. The molecule has 0 aliphatic carbocycles. The van der Waals surface area contributed by atoms with Crippen molar-refractivity contribution in [2.75, 3.05) is 0 Å². The van der Waals surface area contributed by atoms with Gasteiger partial charge in [-0.2, -0.15) is 0 Å². The van der Waals surface area contributed by atoms with Gasteiger partial charge in [-0.15, -0.1) is 0 Å². The standard InChI is InChI=1S/C54H34.C48H30.C36H22/c1-3-15-37(16-4-1)43-21-11-12-22-44(43)52-34-51(42-26-24-36-14-8-10-20-40(36)32-42)47-28-27-45-49(38-17-5-2-6-18-38)33-50(46-29-30-48(52)54(47)53(45)46)41-25-23-35-13-7-9-19-39(35)31-41;1-3-13-33(14-4-1)43-29-45(36-23-22-31-12-7-8-18-35(31)28-36)41-25-24-40-44(34-15-5-2-6-16-34)30-46(42-27-26-39(43)47(41)48(40)42)38-21-11-19-32-17-9-10-20-37(32)38;1-2-8-27-22-28(15-12-23(27)6-1)30-18-16-25-13-14-26-17-19-32(34-21-20-33(30)35(25)36(26)34)31-11-5-9-24-7-3-4-10-29(24)31/h1-34H;1-30H;1-22H. The Morgan fingerprint density at radius 1 is 0.0725 bits per heavy atom. The van der Waals surface area contributed by atoms with Crippen molar-refractivity contribution >= 4 is 162 Å². The summed E-state index contributed by atoms with van der Waals surface area (Å²) in [5.41, 5.74) is 27.5. The van der Waals surface area contributed by atoms with E-state index in [4.69, 9.17) is 0 Å². The fourth-order valence-corrected chi connectivity index (χ4v) is 22.9. The molecule has 0 heterocycles. The largest absolute Gasteiger partial charge is 0.0622 e. The Hall–Kier alpha value is -17.9. The molecule has 0 spiro atoms. The molecule has 0 saturated heterocycles. The first-order valence-corrected chi connectivity index (χ1v) is 48.0. The predicted molar refractivity (Wildman–Crippen MR) is 595 cm³/mol. The lowest BCUT2D eigenvalue weighted by atomic mass is 9.81. The summed E-state index contributed by atoms with van der Waals surface area (Å²) in [4.78, 5) is 0. The fourth-order valence-electron chi connectivity index (χ4n) is 22.9. The van der Waals surface area contributed by atoms with Crippen LogP contribution in [0.5, 0.6) is 0 Å². The second-order valence-electron chi connectivity index (χ2n) is 37.0. The van der Waals surface area contributed by atoms with Gasteiger partial charge >= 0.3 is 0 Å². The van der Waals surface area contributed by atoms with Gasteiger partial charge in [-0.3, -0.25) is 0 Å². The molecule has 0 aliphatic heterocycles. The topological polar surface area (TPSA) is 0 Å². The molecule has 29 aromatic rings. The summed E-state index contributed by atoms with van der Waals surface area (Å²) in [5.74, 6) is 0. The molecule has 0 nitrogen and oxygen atoms in total. The number of benzene rings is 29. The lowest BCUT2D eigenvalue weighted by Crippen LogP contribution is -1.95. The first-order valence-electron chi connectivity index (χ1n) is 48.0. The van der Waals surface area contributed by atoms with E-state index in [-0.39, 0.29) is 0 Å². The second-order valence-corrected chi connectivity index (χ2v) is 37.0. The van der Waals surface area contributed by atoms with Crippen LogP contribution >= 0.6 is 0 Å². The second kappa shape index (κ2) is 33.1. The van der Waals surface area contributed by atoms with Crippen molar-refractivity contribution in [3.63, 3.8) is 0 Å². The van der Waals surface area contributed by atoms with Crippen LogP contribution in [0.2, 0.25) is 0 Å². The number of rotatable bonds is 11. The molecule has 0 N–H and O–H groups in total. The zero-order valence-electron chi connectivity index (χ0n) is 75.7. The Morgan fingerprint density at radius 2 is 0.283 bits per heavy atom. The SMILES string of the molecule is c1ccc(-c2cc(-c3ccc4ccccc4c3)c3ccc4c(-c5ccccc5)cc(-c5cccc6ccccc56)c5ccc2c3c45)cc1.c1ccc(-c2ccccc2-c2cc(-c3ccc4ccccc4c3)c3ccc4c(-c5ccccc5)cc(-c5ccc6ccccc6c5)c5ccc2c3c45)cc1.c1ccc2cc(-c3ccc4ccc5ccc(-c6cccc7ccccc67)c6ccc3c4c56)ccc2c1. The molecule has 0 radical (unpaired) electrons. The van der Waals surface area contributed by atoms with E-state index in [1.807, 2.05) is 0 Å². The Labute approximate surface area is 799 Å². The van der Waals surface area contributed by atoms with Crippen molar-refractivity contribution in [2.45, 2.75) is 0 Å². The molecule has 0 heteroatoms. The van der Waals surface area contributed by atoms with Gasteiger partial charge in [0.25, 0.3) is 0 Å². The Balaban J connectivity index is 0.000000106. The van der Waals surface area contributed by atoms with Gasteiger partial charge in [0.05, 0.1) is 0 Å². The summed E-state index contributed by atoms with van der Waals surface area (Å²) in [5, 5.41) is 38.6. The van der Waals surface area contributed by atoms with Crippen LogP contribution in [0.1, 0.15) is 0 Å². The summed E-state index contributed by atoms with van der Waals surface area (Å²) < 4.78 is 0. The number of hydrogen-bond donors (Lipinski definition) is 0. The van der Waals surface area contributed by atoms with E-state index < -0.39 is 0 Å². The van der Waals surface area contributed by atoms with Crippen molar-refractivity contribution in [3.8, 4) is 122 Å². The van der Waals surface area contributed by atoms with Gasteiger partial charge in [0.15, 0.2) is 0 Å². The molecule has 0 fully saturated rings. The van der Waals surface area contributed by atoms with Crippen LogP contribution in [0, 0.1) is 0 Å². The highest BCUT2D eigenvalue weighted by atomic mass is 14.3. The maximum Gasteiger partial charge on any atom is -0.00139 e. The molecule has 138 heavy (non-hydrogen) atoms. The average Bonchev–Trinajstić information content (AvgIpc) is 0.706. The van der Waals surface area contributed by atoms with Crippen LogP contribution in [-0.2, 0) is 0 Å². The van der Waals surface area contributed by atoms with Crippen LogP contribution in [-0.4, -0.2) is 0 Å². The molecule has 0 aromatic heterocycles. The summed E-state index contributed by atoms with van der Waals surface area (Å²) >= 11 is 0. The maximum atomic E-state index is 2.45. The first-order chi connectivity index (χ1) is 68.4. The third kappa shape index (κ3) is 13.4. The Bertz CT molecular complexity index is 9870. The van der Waals surface area contributed by atoms with E-state index in [0.717, 1.165) is 0 Å². The van der Waals surface area contributed by atoms with Gasteiger partial charge in [-0.25, -0.2) is 0 Å². The van der Waals surface area contributed by atoms with Gasteiger partial charge in [-0.05, 0) is 333 Å². The molecule has 0 aliphatic rings. The summed E-state index contributed by atoms with van der Waals surface area (Å²) in [6, 6.07) is 193. The molecule has 0 bridgehead atoms. The molecule has 29 rings (SSSR count). The molecule has 0 atom stereocenters. The normalized spacial score (nSPS) is 11.8. The molecular formula is C138H86. The number of hydrogen-bond acceptors (Lipinski definition) is 0. The van der Waals surface area contributed by atoms with E-state index in [2.05, 4.69) is 522 Å². The maximum absolute atomic E-state index is 2.45. The summed E-state index contributed by atoms with van der Waals surface area (Å²) in [6.07, 6.45) is 0. The van der Waals surface area contributed by atoms with Gasteiger partial charge in [0.2, 0.25) is 0 Å². The van der Waals surface area contributed by atoms with E-state index in [1.165, 1.54) is 284 Å². The lowest BCUT2D eigenvalue weighted by Gasteiger charge is -2.22. The van der Waals surface area contributed by atoms with Crippen molar-refractivity contribution < 1.29 is 0 Å². The first kappa shape index (κ1) is 79.8. The highest BCUT2D eigenvalue weighted by Crippen LogP contribution is 2.54. The van der Waals surface area contributed by atoms with Crippen LogP contribution in [0.15, 0.2) is 522 Å². The van der Waals surface area contributed by atoms with E-state index in [0.29, 0.717) is 0 Å². The monoisotopic (exact) mass is 1740 g/mol. The van der Waals surface area contributed by atoms with E-state index >= 15 is 0 Å². The third-order valence-corrected chi connectivity index (χ3v) is 29.4. The quantitative estimate of drug-likeness (QED) is 0.113. The zero-order chi connectivity index (χ0) is 90.8. The molecular weight excluding hydrogens is 1660 g/mol. The molecule has 0 unspecified atom stereocenters. The minimum Gasteiger partial charge on any atom is -0.0622 e. The minimum atomic E-state index is 1.22. The molecule has 638 valence electrons. The van der Waals surface area contributed by atoms with Gasteiger partial charge < -0.3 is 0 Å². The van der Waals surface area contributed by atoms with Crippen molar-refractivity contribution in [1.29, 1.82) is 0 Å². The smallest absolute Gasteiger partial charge is 0.00139 e.